The molecule has 0 atom stereocenters. The number of nitrogens with two attached hydrogens (primary N) is 1. The second kappa shape index (κ2) is 7.10. The number of carbonyl (C=O) groups is 1. The Hall–Kier alpha value is -1.81. The lowest BCUT2D eigenvalue weighted by molar-refractivity contribution is -0.125. The first kappa shape index (κ1) is 14.6. The molecule has 1 aliphatic rings. The summed E-state index contributed by atoms with van der Waals surface area (Å²) in [7, 11) is 1.78. The molecule has 4 heteroatoms. The second-order valence-corrected chi connectivity index (χ2v) is 5.28. The maximum atomic E-state index is 11.9. The van der Waals surface area contributed by atoms with Gasteiger partial charge in [-0.2, -0.15) is 0 Å². The highest BCUT2D eigenvalue weighted by atomic mass is 16.5. The Morgan fingerprint density at radius 2 is 2.30 bits per heavy atom. The van der Waals surface area contributed by atoms with Crippen molar-refractivity contribution in [1.29, 1.82) is 0 Å². The van der Waals surface area contributed by atoms with Crippen molar-refractivity contribution in [2.75, 3.05) is 32.5 Å². The number of nitrogens with zero attached hydrogens (tertiary/aromatic N) is 1. The van der Waals surface area contributed by atoms with Crippen LogP contribution in [0.3, 0.4) is 0 Å². The van der Waals surface area contributed by atoms with E-state index in [1.807, 2.05) is 24.3 Å². The van der Waals surface area contributed by atoms with E-state index >= 15 is 0 Å². The molecule has 0 radical (unpaired) electrons. The van der Waals surface area contributed by atoms with E-state index in [2.05, 4.69) is 0 Å². The Balaban J connectivity index is 1.71. The van der Waals surface area contributed by atoms with E-state index in [1.54, 1.807) is 24.1 Å². The lowest BCUT2D eigenvalue weighted by Crippen LogP contribution is -2.28. The van der Waals surface area contributed by atoms with E-state index in [-0.39, 0.29) is 5.91 Å². The molecule has 1 amide bonds. The van der Waals surface area contributed by atoms with Crippen LogP contribution in [0.15, 0.2) is 30.3 Å². The zero-order valence-corrected chi connectivity index (χ0v) is 11.9. The van der Waals surface area contributed by atoms with Gasteiger partial charge in [-0.3, -0.25) is 4.79 Å². The zero-order chi connectivity index (χ0) is 14.4. The molecule has 108 valence electrons. The Labute approximate surface area is 120 Å². The first-order valence-corrected chi connectivity index (χ1v) is 7.01. The summed E-state index contributed by atoms with van der Waals surface area (Å²) in [5.74, 6) is 0.738. The van der Waals surface area contributed by atoms with Crippen molar-refractivity contribution in [3.63, 3.8) is 0 Å². The second-order valence-electron chi connectivity index (χ2n) is 5.28. The number of hydrogen-bond donors (Lipinski definition) is 1. The van der Waals surface area contributed by atoms with Gasteiger partial charge in [0.15, 0.2) is 0 Å². The van der Waals surface area contributed by atoms with Gasteiger partial charge in [0, 0.05) is 32.0 Å². The van der Waals surface area contributed by atoms with Crippen molar-refractivity contribution in [1.82, 2.24) is 4.90 Å². The van der Waals surface area contributed by atoms with Crippen molar-refractivity contribution in [2.24, 2.45) is 5.92 Å². The van der Waals surface area contributed by atoms with Gasteiger partial charge in [-0.15, -0.1) is 0 Å². The van der Waals surface area contributed by atoms with Crippen molar-refractivity contribution < 1.29 is 9.53 Å². The summed E-state index contributed by atoms with van der Waals surface area (Å²) < 4.78 is 5.52. The summed E-state index contributed by atoms with van der Waals surface area (Å²) in [6.07, 6.45) is 5.92. The molecular formula is C16H22N2O2. The molecule has 0 aromatic heterocycles. The first-order chi connectivity index (χ1) is 9.65. The number of nitrogen functional groups attached to an aromatic ring is 1. The van der Waals surface area contributed by atoms with Crippen molar-refractivity contribution >= 4 is 17.7 Å². The maximum absolute atomic E-state index is 11.9. The first-order valence-electron chi connectivity index (χ1n) is 7.01. The van der Waals surface area contributed by atoms with Gasteiger partial charge >= 0.3 is 0 Å². The zero-order valence-electron chi connectivity index (χ0n) is 11.9. The van der Waals surface area contributed by atoms with Crippen LogP contribution < -0.4 is 5.73 Å². The van der Waals surface area contributed by atoms with Crippen molar-refractivity contribution in [2.45, 2.75) is 12.8 Å². The van der Waals surface area contributed by atoms with E-state index in [0.717, 1.165) is 18.1 Å². The summed E-state index contributed by atoms with van der Waals surface area (Å²) in [5, 5.41) is 0. The fourth-order valence-electron chi connectivity index (χ4n) is 1.80. The van der Waals surface area contributed by atoms with Crippen LogP contribution in [0, 0.1) is 5.92 Å². The highest BCUT2D eigenvalue weighted by Crippen LogP contribution is 2.28. The van der Waals surface area contributed by atoms with Gasteiger partial charge in [-0.25, -0.2) is 0 Å². The molecule has 0 spiro atoms. The van der Waals surface area contributed by atoms with Crippen LogP contribution in [0.2, 0.25) is 0 Å². The average Bonchev–Trinajstić information content (AvgIpc) is 3.25. The van der Waals surface area contributed by atoms with Crippen LogP contribution >= 0.6 is 0 Å². The molecule has 1 aliphatic carbocycles. The summed E-state index contributed by atoms with van der Waals surface area (Å²) in [6, 6.07) is 7.44. The molecule has 20 heavy (non-hydrogen) atoms. The quantitative estimate of drug-likeness (QED) is 0.471. The third-order valence-corrected chi connectivity index (χ3v) is 3.33. The smallest absolute Gasteiger partial charge is 0.246 e. The molecule has 4 nitrogen and oxygen atoms in total. The van der Waals surface area contributed by atoms with Gasteiger partial charge in [0.05, 0.1) is 6.61 Å². The molecule has 0 unspecified atom stereocenters. The Kier molecular flexibility index (Phi) is 5.18. The SMILES string of the molecule is CN(CCOCC1CC1)C(=O)/C=C/c1cccc(N)c1. The van der Waals surface area contributed by atoms with Crippen LogP contribution in [-0.2, 0) is 9.53 Å². The molecule has 1 aromatic rings. The minimum Gasteiger partial charge on any atom is -0.399 e. The molecule has 1 fully saturated rings. The lowest BCUT2D eigenvalue weighted by atomic mass is 10.2. The van der Waals surface area contributed by atoms with Gasteiger partial charge in [-0.05, 0) is 42.5 Å². The highest BCUT2D eigenvalue weighted by molar-refractivity contribution is 5.91. The fourth-order valence-corrected chi connectivity index (χ4v) is 1.80. The Bertz CT molecular complexity index is 481. The summed E-state index contributed by atoms with van der Waals surface area (Å²) in [5.41, 5.74) is 7.31. The predicted octanol–water partition coefficient (Wildman–Crippen LogP) is 2.17. The lowest BCUT2D eigenvalue weighted by Gasteiger charge is -2.15. The topological polar surface area (TPSA) is 55.6 Å². The molecule has 0 aliphatic heterocycles. The third kappa shape index (κ3) is 5.05. The largest absolute Gasteiger partial charge is 0.399 e. The summed E-state index contributed by atoms with van der Waals surface area (Å²) in [6.45, 7) is 2.05. The van der Waals surface area contributed by atoms with Crippen LogP contribution in [0.5, 0.6) is 0 Å². The van der Waals surface area contributed by atoms with Gasteiger partial charge in [0.2, 0.25) is 5.91 Å². The Morgan fingerprint density at radius 1 is 1.50 bits per heavy atom. The maximum Gasteiger partial charge on any atom is 0.246 e. The summed E-state index contributed by atoms with van der Waals surface area (Å²) >= 11 is 0. The molecular weight excluding hydrogens is 252 g/mol. The number of amides is 1. The van der Waals surface area contributed by atoms with E-state index in [4.69, 9.17) is 10.5 Å². The predicted molar refractivity (Wildman–Crippen MR) is 81.1 cm³/mol. The third-order valence-electron chi connectivity index (χ3n) is 3.33. The molecule has 1 aromatic carbocycles. The number of likely N-dealkylation sites (N-methyl/N-ethyl adjacent to an activating group) is 1. The normalized spacial score (nSPS) is 14.7. The van der Waals surface area contributed by atoms with Gasteiger partial charge in [0.25, 0.3) is 0 Å². The number of hydrogen-bond acceptors (Lipinski definition) is 3. The van der Waals surface area contributed by atoms with Gasteiger partial charge < -0.3 is 15.4 Å². The fraction of sp³-hybridized carbons (Fsp3) is 0.438. The number of ether oxygens (including phenoxy) is 1. The summed E-state index contributed by atoms with van der Waals surface area (Å²) in [4.78, 5) is 13.6. The van der Waals surface area contributed by atoms with E-state index in [9.17, 15) is 4.79 Å². The molecule has 0 saturated heterocycles. The number of rotatable bonds is 7. The van der Waals surface area contributed by atoms with E-state index in [0.29, 0.717) is 18.8 Å². The number of anilines is 1. The molecule has 0 heterocycles. The van der Waals surface area contributed by atoms with Crippen LogP contribution in [-0.4, -0.2) is 37.6 Å². The van der Waals surface area contributed by atoms with Crippen molar-refractivity contribution in [3.05, 3.63) is 35.9 Å². The van der Waals surface area contributed by atoms with E-state index < -0.39 is 0 Å². The molecule has 2 N–H and O–H groups in total. The molecule has 0 bridgehead atoms. The van der Waals surface area contributed by atoms with Crippen molar-refractivity contribution in [3.8, 4) is 0 Å². The standard InChI is InChI=1S/C16H22N2O2/c1-18(9-10-20-12-14-5-6-14)16(19)8-7-13-3-2-4-15(17)11-13/h2-4,7-8,11,14H,5-6,9-10,12,17H2,1H3/b8-7+. The minimum atomic E-state index is -0.0255. The van der Waals surface area contributed by atoms with E-state index in [1.165, 1.54) is 12.8 Å². The minimum absolute atomic E-state index is 0.0255. The number of benzene rings is 1. The molecule has 2 rings (SSSR count). The van der Waals surface area contributed by atoms with Crippen LogP contribution in [0.4, 0.5) is 5.69 Å². The monoisotopic (exact) mass is 274 g/mol. The number of carbonyl (C=O) groups excluding carboxylic acids is 1. The average molecular weight is 274 g/mol. The highest BCUT2D eigenvalue weighted by Gasteiger charge is 2.21. The van der Waals surface area contributed by atoms with Gasteiger partial charge in [-0.1, -0.05) is 12.1 Å². The van der Waals surface area contributed by atoms with Crippen LogP contribution in [0.1, 0.15) is 18.4 Å². The van der Waals surface area contributed by atoms with Crippen LogP contribution in [0.25, 0.3) is 6.08 Å². The molecule has 1 saturated carbocycles. The Morgan fingerprint density at radius 3 is 3.00 bits per heavy atom. The van der Waals surface area contributed by atoms with Gasteiger partial charge in [0.1, 0.15) is 0 Å².